The predicted molar refractivity (Wildman–Crippen MR) is 117 cm³/mol. The number of carboxylic acids is 1. The van der Waals surface area contributed by atoms with Crippen LogP contribution in [0.25, 0.3) is 33.4 Å². The molecule has 1 heterocycles. The van der Waals surface area contributed by atoms with Gasteiger partial charge in [-0.2, -0.15) is 11.8 Å². The summed E-state index contributed by atoms with van der Waals surface area (Å²) in [6.07, 6.45) is 2.00. The molecule has 0 spiro atoms. The third-order valence-corrected chi connectivity index (χ3v) is 6.09. The second-order valence-electron chi connectivity index (χ2n) is 6.93. The maximum atomic E-state index is 12.2. The summed E-state index contributed by atoms with van der Waals surface area (Å²) in [7, 11) is 0. The van der Waals surface area contributed by atoms with Crippen LogP contribution < -0.4 is 11.1 Å². The Morgan fingerprint density at radius 3 is 2.59 bits per heavy atom. The summed E-state index contributed by atoms with van der Waals surface area (Å²) in [4.78, 5) is 12.2. The first-order valence-electron chi connectivity index (χ1n) is 9.10. The SMILES string of the molecule is CSC(C)c1ccc(-c2c3ccc(=N)cc-3oc3cc(N)ccc23)c(C(=O)O)c1. The van der Waals surface area contributed by atoms with Crippen molar-refractivity contribution in [1.29, 1.82) is 5.41 Å². The van der Waals surface area contributed by atoms with E-state index in [0.29, 0.717) is 28.0 Å². The van der Waals surface area contributed by atoms with Gasteiger partial charge in [0.15, 0.2) is 0 Å². The van der Waals surface area contributed by atoms with Gasteiger partial charge in [0, 0.05) is 39.6 Å². The van der Waals surface area contributed by atoms with Crippen molar-refractivity contribution >= 4 is 34.4 Å². The van der Waals surface area contributed by atoms with E-state index < -0.39 is 5.97 Å². The molecule has 2 aromatic rings. The average molecular weight is 404 g/mol. The van der Waals surface area contributed by atoms with Gasteiger partial charge >= 0.3 is 5.97 Å². The lowest BCUT2D eigenvalue weighted by Crippen LogP contribution is -2.05. The average Bonchev–Trinajstić information content (AvgIpc) is 2.70. The molecular weight excluding hydrogens is 384 g/mol. The number of fused-ring (bicyclic) bond motifs is 2. The van der Waals surface area contributed by atoms with Crippen LogP contribution >= 0.6 is 11.8 Å². The molecule has 6 heteroatoms. The Morgan fingerprint density at radius 2 is 1.86 bits per heavy atom. The Kier molecular flexibility index (Phi) is 4.80. The zero-order valence-corrected chi connectivity index (χ0v) is 16.8. The number of aromatic carboxylic acids is 1. The molecule has 0 aromatic heterocycles. The lowest BCUT2D eigenvalue weighted by molar-refractivity contribution is 0.0697. The number of nitrogens with one attached hydrogen (secondary N) is 1. The van der Waals surface area contributed by atoms with Crippen LogP contribution in [0.4, 0.5) is 5.69 Å². The molecule has 2 aliphatic rings. The number of carbonyl (C=O) groups is 1. The van der Waals surface area contributed by atoms with E-state index >= 15 is 0 Å². The van der Waals surface area contributed by atoms with Gasteiger partial charge in [-0.3, -0.25) is 0 Å². The second-order valence-corrected chi connectivity index (χ2v) is 8.11. The Labute approximate surface area is 172 Å². The minimum absolute atomic E-state index is 0.187. The molecule has 1 aliphatic carbocycles. The van der Waals surface area contributed by atoms with Gasteiger partial charge < -0.3 is 20.7 Å². The highest BCUT2D eigenvalue weighted by molar-refractivity contribution is 7.98. The molecule has 1 unspecified atom stereocenters. The molecule has 4 N–H and O–H groups in total. The molecule has 1 atom stereocenters. The summed E-state index contributed by atoms with van der Waals surface area (Å²) >= 11 is 1.67. The van der Waals surface area contributed by atoms with Gasteiger partial charge in [-0.05, 0) is 54.6 Å². The van der Waals surface area contributed by atoms with Crippen LogP contribution in [0.5, 0.6) is 0 Å². The number of benzene rings is 3. The number of rotatable bonds is 4. The Hall–Kier alpha value is -3.25. The molecule has 0 fully saturated rings. The van der Waals surface area contributed by atoms with Gasteiger partial charge in [0.25, 0.3) is 0 Å². The lowest BCUT2D eigenvalue weighted by atomic mass is 9.89. The molecule has 29 heavy (non-hydrogen) atoms. The largest absolute Gasteiger partial charge is 0.478 e. The maximum Gasteiger partial charge on any atom is 0.336 e. The van der Waals surface area contributed by atoms with Gasteiger partial charge in [0.1, 0.15) is 11.3 Å². The summed E-state index contributed by atoms with van der Waals surface area (Å²) in [6, 6.07) is 16.0. The highest BCUT2D eigenvalue weighted by Crippen LogP contribution is 2.42. The van der Waals surface area contributed by atoms with Crippen molar-refractivity contribution in [3.8, 4) is 22.5 Å². The van der Waals surface area contributed by atoms with Crippen LogP contribution in [0.15, 0.2) is 59.0 Å². The third-order valence-electron chi connectivity index (χ3n) is 5.11. The molecule has 0 saturated heterocycles. The predicted octanol–water partition coefficient (Wildman–Crippen LogP) is 5.39. The molecule has 4 rings (SSSR count). The maximum absolute atomic E-state index is 12.2. The Balaban J connectivity index is 2.12. The van der Waals surface area contributed by atoms with Crippen LogP contribution in [0.2, 0.25) is 0 Å². The minimum atomic E-state index is -0.982. The van der Waals surface area contributed by atoms with Crippen molar-refractivity contribution in [2.24, 2.45) is 0 Å². The lowest BCUT2D eigenvalue weighted by Gasteiger charge is -2.18. The summed E-state index contributed by atoms with van der Waals surface area (Å²) in [6.45, 7) is 2.05. The molecular formula is C23H20N2O3S. The molecule has 0 radical (unpaired) electrons. The monoisotopic (exact) mass is 404 g/mol. The fourth-order valence-electron chi connectivity index (χ4n) is 3.54. The van der Waals surface area contributed by atoms with E-state index in [9.17, 15) is 9.90 Å². The zero-order chi connectivity index (χ0) is 20.7. The van der Waals surface area contributed by atoms with Crippen LogP contribution in [-0.2, 0) is 0 Å². The molecule has 1 aliphatic heterocycles. The fraction of sp³-hybridized carbons (Fsp3) is 0.130. The number of hydrogen-bond acceptors (Lipinski definition) is 5. The van der Waals surface area contributed by atoms with Gasteiger partial charge in [-0.1, -0.05) is 12.1 Å². The molecule has 2 aromatic carbocycles. The summed E-state index contributed by atoms with van der Waals surface area (Å²) in [5.74, 6) is -0.465. The van der Waals surface area contributed by atoms with Crippen molar-refractivity contribution < 1.29 is 14.3 Å². The van der Waals surface area contributed by atoms with Crippen LogP contribution in [0, 0.1) is 5.41 Å². The van der Waals surface area contributed by atoms with E-state index in [4.69, 9.17) is 15.6 Å². The smallest absolute Gasteiger partial charge is 0.336 e. The first-order valence-corrected chi connectivity index (χ1v) is 10.4. The van der Waals surface area contributed by atoms with Crippen molar-refractivity contribution in [1.82, 2.24) is 0 Å². The zero-order valence-electron chi connectivity index (χ0n) is 16.0. The fourth-order valence-corrected chi connectivity index (χ4v) is 3.96. The van der Waals surface area contributed by atoms with E-state index in [1.165, 1.54) is 0 Å². The summed E-state index contributed by atoms with van der Waals surface area (Å²) in [5, 5.41) is 19.2. The first kappa shape index (κ1) is 19.1. The summed E-state index contributed by atoms with van der Waals surface area (Å²) in [5.41, 5.74) is 10.4. The van der Waals surface area contributed by atoms with Crippen LogP contribution in [0.3, 0.4) is 0 Å². The third kappa shape index (κ3) is 3.36. The number of nitrogen functional groups attached to an aromatic ring is 1. The normalized spacial score (nSPS) is 12.3. The van der Waals surface area contributed by atoms with Crippen molar-refractivity contribution in [3.63, 3.8) is 0 Å². The molecule has 0 amide bonds. The van der Waals surface area contributed by atoms with Crippen LogP contribution in [0.1, 0.15) is 28.1 Å². The molecule has 0 bridgehead atoms. The topological polar surface area (TPSA) is 100 Å². The number of anilines is 1. The van der Waals surface area contributed by atoms with E-state index in [1.54, 1.807) is 48.2 Å². The molecule has 146 valence electrons. The van der Waals surface area contributed by atoms with Crippen molar-refractivity contribution in [2.75, 3.05) is 12.0 Å². The van der Waals surface area contributed by atoms with E-state index in [2.05, 4.69) is 6.92 Å². The van der Waals surface area contributed by atoms with E-state index in [0.717, 1.165) is 22.1 Å². The summed E-state index contributed by atoms with van der Waals surface area (Å²) < 4.78 is 6.00. The van der Waals surface area contributed by atoms with Crippen molar-refractivity contribution in [3.05, 3.63) is 71.1 Å². The molecule has 5 nitrogen and oxygen atoms in total. The van der Waals surface area contributed by atoms with Gasteiger partial charge in [-0.25, -0.2) is 4.79 Å². The molecule has 0 saturated carbocycles. The first-order chi connectivity index (χ1) is 13.9. The van der Waals surface area contributed by atoms with Gasteiger partial charge in [0.05, 0.1) is 10.9 Å². The Morgan fingerprint density at radius 1 is 1.10 bits per heavy atom. The standard InChI is InChI=1S/C23H20N2O3S/c1-12(29-2)13-3-6-16(19(9-13)23(26)27)22-17-7-4-14(24)10-20(17)28-21-11-15(25)5-8-18(21)22/h3-12,24H,25H2,1-2H3,(H,26,27). The Bertz CT molecular complexity index is 1280. The highest BCUT2D eigenvalue weighted by Gasteiger charge is 2.22. The van der Waals surface area contributed by atoms with Crippen molar-refractivity contribution in [2.45, 2.75) is 12.2 Å². The van der Waals surface area contributed by atoms with Gasteiger partial charge in [-0.15, -0.1) is 0 Å². The highest BCUT2D eigenvalue weighted by atomic mass is 32.2. The van der Waals surface area contributed by atoms with E-state index in [1.807, 2.05) is 24.5 Å². The number of carboxylic acid groups (broad SMARTS) is 1. The quantitative estimate of drug-likeness (QED) is 0.313. The second kappa shape index (κ2) is 7.29. The van der Waals surface area contributed by atoms with E-state index in [-0.39, 0.29) is 10.8 Å². The number of thioether (sulfide) groups is 1. The number of nitrogens with two attached hydrogens (primary N) is 1. The number of hydrogen-bond donors (Lipinski definition) is 3. The minimum Gasteiger partial charge on any atom is -0.478 e. The van der Waals surface area contributed by atoms with Gasteiger partial charge in [0.2, 0.25) is 0 Å². The van der Waals surface area contributed by atoms with Crippen LogP contribution in [-0.4, -0.2) is 17.3 Å².